The fourth-order valence-corrected chi connectivity index (χ4v) is 7.10. The minimum absolute atomic E-state index is 0.00170. The molecule has 25 heavy (non-hydrogen) atoms. The maximum atomic E-state index is 12.5. The Labute approximate surface area is 151 Å². The van der Waals surface area contributed by atoms with E-state index in [0.29, 0.717) is 30.3 Å². The molecule has 4 aliphatic carbocycles. The van der Waals surface area contributed by atoms with Gasteiger partial charge in [-0.3, -0.25) is 4.79 Å². The van der Waals surface area contributed by atoms with Gasteiger partial charge in [-0.25, -0.2) is 0 Å². The molecule has 0 aromatic carbocycles. The highest BCUT2D eigenvalue weighted by atomic mass is 16.6. The molecule has 4 heteroatoms. The van der Waals surface area contributed by atoms with E-state index in [4.69, 9.17) is 10.6 Å². The van der Waals surface area contributed by atoms with Crippen LogP contribution in [0.15, 0.2) is 5.16 Å². The third-order valence-electron chi connectivity index (χ3n) is 8.61. The molecule has 0 aliphatic heterocycles. The molecular weight excluding hydrogens is 312 g/mol. The van der Waals surface area contributed by atoms with Gasteiger partial charge in [-0.15, -0.1) is 0 Å². The Bertz CT molecular complexity index is 574. The van der Waals surface area contributed by atoms with Crippen LogP contribution in [-0.4, -0.2) is 24.6 Å². The van der Waals surface area contributed by atoms with Crippen molar-refractivity contribution in [1.82, 2.24) is 0 Å². The number of rotatable bonds is 3. The van der Waals surface area contributed by atoms with Gasteiger partial charge in [-0.05, 0) is 80.5 Å². The van der Waals surface area contributed by atoms with Crippen molar-refractivity contribution < 1.29 is 9.63 Å². The maximum Gasteiger partial charge on any atom is 0.139 e. The summed E-state index contributed by atoms with van der Waals surface area (Å²) in [7, 11) is 0. The number of carbonyl (C=O) groups excluding carboxylic acids is 1. The molecule has 4 fully saturated rings. The summed E-state index contributed by atoms with van der Waals surface area (Å²) in [6.07, 6.45) is 10.4. The number of carbonyl (C=O) groups is 1. The van der Waals surface area contributed by atoms with Crippen LogP contribution < -0.4 is 5.73 Å². The Morgan fingerprint density at radius 1 is 1.12 bits per heavy atom. The number of oxime groups is 1. The summed E-state index contributed by atoms with van der Waals surface area (Å²) < 4.78 is 0. The van der Waals surface area contributed by atoms with E-state index in [1.54, 1.807) is 0 Å². The predicted molar refractivity (Wildman–Crippen MR) is 99.2 cm³/mol. The number of nitrogens with zero attached hydrogens (tertiary/aromatic N) is 1. The lowest BCUT2D eigenvalue weighted by atomic mass is 9.45. The number of hydrogen-bond donors (Lipinski definition) is 1. The van der Waals surface area contributed by atoms with E-state index in [-0.39, 0.29) is 5.41 Å². The van der Waals surface area contributed by atoms with E-state index >= 15 is 0 Å². The van der Waals surface area contributed by atoms with Crippen LogP contribution >= 0.6 is 0 Å². The van der Waals surface area contributed by atoms with Crippen molar-refractivity contribution in [3.8, 4) is 0 Å². The average Bonchev–Trinajstić information content (AvgIpc) is 2.90. The SMILES string of the molecule is C[C@]12CCC(=NOCCN)CC1CCC1C2CC[C@]2(C)C(=O)CCC12. The van der Waals surface area contributed by atoms with Crippen molar-refractivity contribution in [2.45, 2.75) is 71.6 Å². The Hall–Kier alpha value is -0.900. The number of hydrogen-bond acceptors (Lipinski definition) is 4. The first-order valence-corrected chi connectivity index (χ1v) is 10.4. The van der Waals surface area contributed by atoms with Crippen molar-refractivity contribution in [1.29, 1.82) is 0 Å². The molecule has 4 nitrogen and oxygen atoms in total. The highest BCUT2D eigenvalue weighted by Crippen LogP contribution is 2.65. The zero-order valence-corrected chi connectivity index (χ0v) is 15.9. The van der Waals surface area contributed by atoms with Crippen LogP contribution in [0.2, 0.25) is 0 Å². The van der Waals surface area contributed by atoms with E-state index in [9.17, 15) is 4.79 Å². The fraction of sp³-hybridized carbons (Fsp3) is 0.905. The molecule has 0 radical (unpaired) electrons. The smallest absolute Gasteiger partial charge is 0.139 e. The van der Waals surface area contributed by atoms with Crippen LogP contribution in [0.4, 0.5) is 0 Å². The van der Waals surface area contributed by atoms with Gasteiger partial charge in [-0.1, -0.05) is 19.0 Å². The van der Waals surface area contributed by atoms with Gasteiger partial charge in [-0.2, -0.15) is 0 Å². The molecule has 0 bridgehead atoms. The highest BCUT2D eigenvalue weighted by Gasteiger charge is 2.59. The van der Waals surface area contributed by atoms with Gasteiger partial charge in [0.05, 0.1) is 5.71 Å². The van der Waals surface area contributed by atoms with Gasteiger partial charge >= 0.3 is 0 Å². The third kappa shape index (κ3) is 2.67. The first kappa shape index (κ1) is 17.5. The molecule has 0 amide bonds. The molecule has 2 N–H and O–H groups in total. The summed E-state index contributed by atoms with van der Waals surface area (Å²) in [5, 5.41) is 4.37. The highest BCUT2D eigenvalue weighted by molar-refractivity contribution is 5.87. The summed E-state index contributed by atoms with van der Waals surface area (Å²) in [6, 6.07) is 0. The molecule has 140 valence electrons. The van der Waals surface area contributed by atoms with Gasteiger partial charge in [0.2, 0.25) is 0 Å². The Morgan fingerprint density at radius 2 is 1.96 bits per heavy atom. The largest absolute Gasteiger partial charge is 0.395 e. The van der Waals surface area contributed by atoms with Crippen molar-refractivity contribution in [2.75, 3.05) is 13.2 Å². The molecule has 0 saturated heterocycles. The Morgan fingerprint density at radius 3 is 2.76 bits per heavy atom. The topological polar surface area (TPSA) is 64.7 Å². The van der Waals surface area contributed by atoms with E-state index in [1.807, 2.05) is 0 Å². The second-order valence-corrected chi connectivity index (χ2v) is 9.56. The van der Waals surface area contributed by atoms with Gasteiger partial charge in [0.1, 0.15) is 12.4 Å². The Kier molecular flexibility index (Phi) is 4.46. The zero-order valence-electron chi connectivity index (χ0n) is 15.9. The summed E-state index contributed by atoms with van der Waals surface area (Å²) in [4.78, 5) is 17.8. The zero-order chi connectivity index (χ0) is 17.7. The van der Waals surface area contributed by atoms with Gasteiger partial charge in [0.15, 0.2) is 0 Å². The van der Waals surface area contributed by atoms with Crippen LogP contribution in [0.25, 0.3) is 0 Å². The van der Waals surface area contributed by atoms with Crippen LogP contribution in [0.5, 0.6) is 0 Å². The summed E-state index contributed by atoms with van der Waals surface area (Å²) >= 11 is 0. The Balaban J connectivity index is 1.51. The van der Waals surface area contributed by atoms with Gasteiger partial charge in [0, 0.05) is 18.4 Å². The predicted octanol–water partition coefficient (Wildman–Crippen LogP) is 3.93. The van der Waals surface area contributed by atoms with E-state index in [0.717, 1.165) is 49.9 Å². The molecule has 6 atom stereocenters. The van der Waals surface area contributed by atoms with E-state index < -0.39 is 0 Å². The van der Waals surface area contributed by atoms with Crippen LogP contribution in [0.3, 0.4) is 0 Å². The summed E-state index contributed by atoms with van der Waals surface area (Å²) in [5.74, 6) is 3.53. The molecule has 0 aromatic rings. The van der Waals surface area contributed by atoms with Crippen LogP contribution in [0.1, 0.15) is 71.6 Å². The lowest BCUT2D eigenvalue weighted by Gasteiger charge is -2.59. The monoisotopic (exact) mass is 346 g/mol. The quantitative estimate of drug-likeness (QED) is 0.622. The first-order chi connectivity index (χ1) is 12.0. The molecule has 0 spiro atoms. The van der Waals surface area contributed by atoms with Gasteiger partial charge < -0.3 is 10.6 Å². The normalized spacial score (nSPS) is 48.0. The van der Waals surface area contributed by atoms with Crippen LogP contribution in [-0.2, 0) is 9.63 Å². The fourth-order valence-electron chi connectivity index (χ4n) is 7.10. The van der Waals surface area contributed by atoms with Crippen molar-refractivity contribution >= 4 is 11.5 Å². The minimum Gasteiger partial charge on any atom is -0.395 e. The number of Topliss-reactive ketones (excluding diaryl/α,β-unsaturated/α-hetero) is 1. The summed E-state index contributed by atoms with van der Waals surface area (Å²) in [5.41, 5.74) is 7.17. The molecule has 0 aromatic heterocycles. The van der Waals surface area contributed by atoms with Crippen molar-refractivity contribution in [3.05, 3.63) is 0 Å². The average molecular weight is 347 g/mol. The molecular formula is C21H34N2O2. The summed E-state index contributed by atoms with van der Waals surface area (Å²) in [6.45, 7) is 5.87. The standard InChI is InChI=1S/C21H34N2O2/c1-20-9-7-15(23-25-12-11-22)13-14(20)3-4-16-17-5-6-19(24)21(17,2)10-8-18(16)20/h14,16-18H,3-13,22H2,1-2H3/t14?,16?,17?,18?,20-,21-/m0/s1. The second kappa shape index (κ2) is 6.37. The lowest BCUT2D eigenvalue weighted by molar-refractivity contribution is -0.137. The van der Waals surface area contributed by atoms with Crippen LogP contribution in [0, 0.1) is 34.5 Å². The lowest BCUT2D eigenvalue weighted by Crippen LogP contribution is -2.53. The van der Waals surface area contributed by atoms with Crippen molar-refractivity contribution in [3.63, 3.8) is 0 Å². The molecule has 4 unspecified atom stereocenters. The van der Waals surface area contributed by atoms with E-state index in [2.05, 4.69) is 19.0 Å². The minimum atomic E-state index is 0.00170. The molecule has 0 heterocycles. The van der Waals surface area contributed by atoms with Crippen molar-refractivity contribution in [2.24, 2.45) is 45.4 Å². The molecule has 4 rings (SSSR count). The van der Waals surface area contributed by atoms with E-state index in [1.165, 1.54) is 31.4 Å². The number of nitrogens with two attached hydrogens (primary N) is 1. The first-order valence-electron chi connectivity index (χ1n) is 10.4. The second-order valence-electron chi connectivity index (χ2n) is 9.56. The molecule has 4 aliphatic rings. The number of ketones is 1. The molecule has 4 saturated carbocycles. The van der Waals surface area contributed by atoms with Gasteiger partial charge in [0.25, 0.3) is 0 Å². The maximum absolute atomic E-state index is 12.5. The number of fused-ring (bicyclic) bond motifs is 5. The third-order valence-corrected chi connectivity index (χ3v) is 8.61.